The van der Waals surface area contributed by atoms with E-state index in [0.717, 1.165) is 54.1 Å². The summed E-state index contributed by atoms with van der Waals surface area (Å²) in [6.45, 7) is 8.65. The van der Waals surface area contributed by atoms with Gasteiger partial charge in [-0.05, 0) is 89.8 Å². The van der Waals surface area contributed by atoms with Crippen LogP contribution in [0.5, 0.6) is 0 Å². The van der Waals surface area contributed by atoms with E-state index >= 15 is 0 Å². The molecule has 5 heteroatoms. The highest BCUT2D eigenvalue weighted by atomic mass is 32.1. The van der Waals surface area contributed by atoms with E-state index in [-0.39, 0.29) is 11.8 Å². The number of hydrogen-bond donors (Lipinski definition) is 0. The molecule has 0 amide bonds. The van der Waals surface area contributed by atoms with Gasteiger partial charge in [-0.1, -0.05) is 64.1 Å². The molecule has 0 bridgehead atoms. The molecule has 0 fully saturated rings. The van der Waals surface area contributed by atoms with Gasteiger partial charge < -0.3 is 0 Å². The number of benzene rings is 3. The van der Waals surface area contributed by atoms with Crippen molar-refractivity contribution in [1.29, 1.82) is 0 Å². The molecule has 4 nitrogen and oxygen atoms in total. The van der Waals surface area contributed by atoms with Crippen molar-refractivity contribution in [2.24, 2.45) is 0 Å². The maximum absolute atomic E-state index is 8.36. The second kappa shape index (κ2) is 10.2. The number of aromatic nitrogens is 4. The molecule has 0 spiro atoms. The Balaban J connectivity index is 1.62. The largest absolute Gasteiger partial charge is 0.290 e. The van der Waals surface area contributed by atoms with Gasteiger partial charge in [0.1, 0.15) is 10.7 Å². The quantitative estimate of drug-likeness (QED) is 0.207. The van der Waals surface area contributed by atoms with E-state index in [1.54, 1.807) is 12.3 Å². The van der Waals surface area contributed by atoms with Crippen molar-refractivity contribution in [3.8, 4) is 28.2 Å². The minimum atomic E-state index is -2.27. The predicted octanol–water partition coefficient (Wildman–Crippen LogP) is 10.4. The number of imidazole rings is 1. The van der Waals surface area contributed by atoms with E-state index < -0.39 is 6.85 Å². The molecule has 0 atom stereocenters. The molecule has 4 heterocycles. The van der Waals surface area contributed by atoms with Crippen LogP contribution in [0.1, 0.15) is 66.0 Å². The third-order valence-electron chi connectivity index (χ3n) is 8.06. The van der Waals surface area contributed by atoms with Gasteiger partial charge in [0.05, 0.1) is 22.9 Å². The molecule has 0 saturated heterocycles. The van der Waals surface area contributed by atoms with Gasteiger partial charge >= 0.3 is 0 Å². The molecule has 7 rings (SSSR count). The first-order chi connectivity index (χ1) is 21.5. The smallest absolute Gasteiger partial charge is 0.147 e. The molecule has 4 aromatic heterocycles. The Kier molecular flexibility index (Phi) is 5.63. The zero-order chi connectivity index (χ0) is 31.6. The van der Waals surface area contributed by atoms with E-state index in [0.29, 0.717) is 5.56 Å². The highest BCUT2D eigenvalue weighted by Crippen LogP contribution is 2.44. The number of hydrogen-bond acceptors (Lipinski definition) is 4. The van der Waals surface area contributed by atoms with E-state index in [9.17, 15) is 0 Å². The van der Waals surface area contributed by atoms with Crippen LogP contribution in [0, 0.1) is 13.8 Å². The molecule has 0 saturated carbocycles. The van der Waals surface area contributed by atoms with Gasteiger partial charge in [0.15, 0.2) is 0 Å². The monoisotopic (exact) mass is 569 g/mol. The summed E-state index contributed by atoms with van der Waals surface area (Å²) in [4.78, 5) is 15.4. The van der Waals surface area contributed by atoms with Gasteiger partial charge in [0.25, 0.3) is 0 Å². The first-order valence-electron chi connectivity index (χ1n) is 15.9. The highest BCUT2D eigenvalue weighted by Gasteiger charge is 2.25. The summed E-state index contributed by atoms with van der Waals surface area (Å²) in [5.74, 6) is 1.20. The molecule has 0 aliphatic carbocycles. The van der Waals surface area contributed by atoms with Crippen LogP contribution in [0.15, 0.2) is 85.2 Å². The fourth-order valence-electron chi connectivity index (χ4n) is 5.99. The zero-order valence-electron chi connectivity index (χ0n) is 27.4. The van der Waals surface area contributed by atoms with Crippen LogP contribution in [0.3, 0.4) is 0 Å². The average molecular weight is 570 g/mol. The normalized spacial score (nSPS) is 13.4. The predicted molar refractivity (Wildman–Crippen MR) is 178 cm³/mol. The Morgan fingerprint density at radius 1 is 0.833 bits per heavy atom. The second-order valence-electron chi connectivity index (χ2n) is 11.6. The SMILES string of the molecule is [2H]C([2H])([2H])c1ccc(-c2nc3cc(C)ncc3n2-c2c(C(C)C)cc(-c3ccccc3)cc2C(C)C)c2sc3ncccc3c12. The van der Waals surface area contributed by atoms with E-state index in [1.165, 1.54) is 33.6 Å². The Hall–Kier alpha value is -4.35. The summed E-state index contributed by atoms with van der Waals surface area (Å²) >= 11 is 1.52. The van der Waals surface area contributed by atoms with Crippen molar-refractivity contribution < 1.29 is 4.11 Å². The number of fused-ring (bicyclic) bond motifs is 4. The lowest BCUT2D eigenvalue weighted by Crippen LogP contribution is -2.09. The van der Waals surface area contributed by atoms with Gasteiger partial charge in [-0.15, -0.1) is 11.3 Å². The Morgan fingerprint density at radius 3 is 2.31 bits per heavy atom. The number of rotatable bonds is 5. The second-order valence-corrected chi connectivity index (χ2v) is 12.6. The van der Waals surface area contributed by atoms with Crippen molar-refractivity contribution >= 4 is 42.7 Å². The van der Waals surface area contributed by atoms with E-state index in [4.69, 9.17) is 14.1 Å². The molecule has 0 radical (unpaired) electrons. The molecular weight excluding hydrogens is 533 g/mol. The van der Waals surface area contributed by atoms with Crippen LogP contribution in [0.4, 0.5) is 0 Å². The minimum absolute atomic E-state index is 0.219. The molecule has 208 valence electrons. The van der Waals surface area contributed by atoms with Gasteiger partial charge in [-0.3, -0.25) is 9.55 Å². The highest BCUT2D eigenvalue weighted by molar-refractivity contribution is 7.26. The number of pyridine rings is 2. The summed E-state index contributed by atoms with van der Waals surface area (Å²) in [6, 6.07) is 24.7. The van der Waals surface area contributed by atoms with Crippen molar-refractivity contribution in [2.75, 3.05) is 0 Å². The van der Waals surface area contributed by atoms with Crippen LogP contribution in [0.2, 0.25) is 0 Å². The summed E-state index contributed by atoms with van der Waals surface area (Å²) < 4.78 is 28.2. The van der Waals surface area contributed by atoms with Crippen LogP contribution in [-0.2, 0) is 0 Å². The molecule has 0 aliphatic rings. The molecule has 3 aromatic carbocycles. The molecule has 0 unspecified atom stereocenters. The average Bonchev–Trinajstić information content (AvgIpc) is 3.58. The van der Waals surface area contributed by atoms with Crippen molar-refractivity contribution in [3.63, 3.8) is 0 Å². The maximum Gasteiger partial charge on any atom is 0.147 e. The molecule has 0 N–H and O–H groups in total. The van der Waals surface area contributed by atoms with Crippen LogP contribution < -0.4 is 0 Å². The lowest BCUT2D eigenvalue weighted by atomic mass is 9.88. The number of nitrogens with zero attached hydrogens (tertiary/aromatic N) is 4. The standard InChI is InChI=1S/C37H34N4S/c1-21(2)29-18-26(25-11-8-7-9-12-25)19-30(22(3)4)34(29)41-32-20-39-24(6)17-31(32)40-36(41)28-15-14-23(5)33-27-13-10-16-38-37(27)42-35(28)33/h7-22H,1-6H3/i5D3. The lowest BCUT2D eigenvalue weighted by molar-refractivity contribution is 0.811. The zero-order valence-corrected chi connectivity index (χ0v) is 25.3. The Bertz CT molecular complexity index is 2200. The summed E-state index contributed by atoms with van der Waals surface area (Å²) in [6.07, 6.45) is 3.68. The maximum atomic E-state index is 8.36. The fraction of sp³-hybridized carbons (Fsp3) is 0.216. The Morgan fingerprint density at radius 2 is 1.60 bits per heavy atom. The fourth-order valence-corrected chi connectivity index (χ4v) is 7.17. The first kappa shape index (κ1) is 23.2. The molecule has 42 heavy (non-hydrogen) atoms. The number of thiophene rings is 1. The molecule has 0 aliphatic heterocycles. The van der Waals surface area contributed by atoms with Crippen LogP contribution in [-0.4, -0.2) is 19.5 Å². The Labute approximate surface area is 255 Å². The minimum Gasteiger partial charge on any atom is -0.290 e. The van der Waals surface area contributed by atoms with Crippen molar-refractivity contribution in [2.45, 2.75) is 53.3 Å². The van der Waals surface area contributed by atoms with E-state index in [1.807, 2.05) is 43.5 Å². The van der Waals surface area contributed by atoms with Gasteiger partial charge in [-0.2, -0.15) is 0 Å². The van der Waals surface area contributed by atoms with Gasteiger partial charge in [0, 0.05) is 37.0 Å². The summed E-state index contributed by atoms with van der Waals surface area (Å²) in [5.41, 5.74) is 9.78. The van der Waals surface area contributed by atoms with Crippen molar-refractivity contribution in [1.82, 2.24) is 19.5 Å². The van der Waals surface area contributed by atoms with Crippen LogP contribution >= 0.6 is 11.3 Å². The summed E-state index contributed by atoms with van der Waals surface area (Å²) in [5, 5.41) is 1.57. The van der Waals surface area contributed by atoms with Crippen LogP contribution in [0.25, 0.3) is 59.5 Å². The van der Waals surface area contributed by atoms with Gasteiger partial charge in [0.2, 0.25) is 0 Å². The van der Waals surface area contributed by atoms with Gasteiger partial charge in [-0.25, -0.2) is 9.97 Å². The third kappa shape index (κ3) is 4.23. The molecular formula is C37H34N4S. The topological polar surface area (TPSA) is 43.6 Å². The van der Waals surface area contributed by atoms with E-state index in [2.05, 4.69) is 73.6 Å². The first-order valence-corrected chi connectivity index (χ1v) is 15.2. The lowest BCUT2D eigenvalue weighted by Gasteiger charge is -2.24. The number of aryl methyl sites for hydroxylation is 2. The third-order valence-corrected chi connectivity index (χ3v) is 9.21. The summed E-state index contributed by atoms with van der Waals surface area (Å²) in [7, 11) is 0. The molecule has 7 aromatic rings. The van der Waals surface area contributed by atoms with Crippen molar-refractivity contribution in [3.05, 3.63) is 108 Å².